The lowest BCUT2D eigenvalue weighted by molar-refractivity contribution is 0.0706. The summed E-state index contributed by atoms with van der Waals surface area (Å²) in [4.78, 5) is 24.3. The Morgan fingerprint density at radius 3 is 2.64 bits per heavy atom. The SMILES string of the molecule is Cc1ncc(-c2ccc(F)cc2)c([C@H]2CCCN(C(=O)c3cnn(-c4ccccc4)c3)C2)n1. The van der Waals surface area contributed by atoms with Gasteiger partial charge in [-0.1, -0.05) is 30.3 Å². The zero-order valence-corrected chi connectivity index (χ0v) is 18.4. The number of amides is 1. The molecule has 0 saturated carbocycles. The van der Waals surface area contributed by atoms with E-state index in [0.717, 1.165) is 35.3 Å². The van der Waals surface area contributed by atoms with Crippen molar-refractivity contribution < 1.29 is 9.18 Å². The molecule has 1 fully saturated rings. The molecule has 1 aliphatic heterocycles. The van der Waals surface area contributed by atoms with E-state index < -0.39 is 0 Å². The first-order valence-corrected chi connectivity index (χ1v) is 11.1. The Labute approximate surface area is 191 Å². The molecule has 0 spiro atoms. The van der Waals surface area contributed by atoms with Crippen molar-refractivity contribution in [2.24, 2.45) is 0 Å². The van der Waals surface area contributed by atoms with Crippen LogP contribution in [-0.4, -0.2) is 43.6 Å². The number of hydrogen-bond donors (Lipinski definition) is 0. The molecule has 5 rings (SSSR count). The van der Waals surface area contributed by atoms with Gasteiger partial charge in [0, 0.05) is 37.0 Å². The molecular weight excluding hydrogens is 417 g/mol. The van der Waals surface area contributed by atoms with Gasteiger partial charge in [-0.05, 0) is 49.6 Å². The molecule has 2 aromatic carbocycles. The number of hydrogen-bond acceptors (Lipinski definition) is 4. The van der Waals surface area contributed by atoms with E-state index in [1.807, 2.05) is 42.2 Å². The van der Waals surface area contributed by atoms with E-state index in [1.165, 1.54) is 12.1 Å². The molecule has 0 unspecified atom stereocenters. The van der Waals surface area contributed by atoms with Crippen LogP contribution in [0.2, 0.25) is 0 Å². The third-order valence-corrected chi connectivity index (χ3v) is 6.04. The van der Waals surface area contributed by atoms with E-state index in [2.05, 4.69) is 10.1 Å². The predicted octanol–water partition coefficient (Wildman–Crippen LogP) is 4.80. The molecule has 0 N–H and O–H groups in total. The Balaban J connectivity index is 1.39. The van der Waals surface area contributed by atoms with E-state index in [4.69, 9.17) is 4.98 Å². The van der Waals surface area contributed by atoms with Crippen LogP contribution in [-0.2, 0) is 0 Å². The third-order valence-electron chi connectivity index (χ3n) is 6.04. The lowest BCUT2D eigenvalue weighted by atomic mass is 9.89. The molecule has 33 heavy (non-hydrogen) atoms. The lowest BCUT2D eigenvalue weighted by Crippen LogP contribution is -2.39. The van der Waals surface area contributed by atoms with Gasteiger partial charge in [0.25, 0.3) is 5.91 Å². The van der Waals surface area contributed by atoms with Crippen molar-refractivity contribution in [2.75, 3.05) is 13.1 Å². The number of likely N-dealkylation sites (tertiary alicyclic amines) is 1. The molecule has 1 aliphatic rings. The average molecular weight is 442 g/mol. The van der Waals surface area contributed by atoms with E-state index in [-0.39, 0.29) is 17.6 Å². The minimum absolute atomic E-state index is 0.0315. The monoisotopic (exact) mass is 441 g/mol. The highest BCUT2D eigenvalue weighted by atomic mass is 19.1. The highest BCUT2D eigenvalue weighted by molar-refractivity contribution is 5.94. The first-order chi connectivity index (χ1) is 16.1. The van der Waals surface area contributed by atoms with Crippen molar-refractivity contribution in [1.82, 2.24) is 24.6 Å². The highest BCUT2D eigenvalue weighted by Gasteiger charge is 2.29. The first kappa shape index (κ1) is 21.0. The summed E-state index contributed by atoms with van der Waals surface area (Å²) in [5, 5.41) is 4.37. The molecule has 7 heteroatoms. The van der Waals surface area contributed by atoms with Crippen LogP contribution in [0.1, 0.15) is 40.6 Å². The second-order valence-electron chi connectivity index (χ2n) is 8.32. The fraction of sp³-hybridized carbons (Fsp3) is 0.231. The van der Waals surface area contributed by atoms with Gasteiger partial charge in [-0.15, -0.1) is 0 Å². The van der Waals surface area contributed by atoms with Gasteiger partial charge in [0.05, 0.1) is 23.1 Å². The number of para-hydroxylation sites is 1. The predicted molar refractivity (Wildman–Crippen MR) is 124 cm³/mol. The number of rotatable bonds is 4. The number of benzene rings is 2. The topological polar surface area (TPSA) is 63.9 Å². The number of halogens is 1. The minimum Gasteiger partial charge on any atom is -0.338 e. The fourth-order valence-corrected chi connectivity index (χ4v) is 4.37. The van der Waals surface area contributed by atoms with E-state index in [9.17, 15) is 9.18 Å². The normalized spacial score (nSPS) is 16.1. The molecule has 2 aromatic heterocycles. The van der Waals surface area contributed by atoms with Crippen molar-refractivity contribution in [3.8, 4) is 16.8 Å². The maximum atomic E-state index is 13.5. The largest absolute Gasteiger partial charge is 0.338 e. The Hall–Kier alpha value is -3.87. The Morgan fingerprint density at radius 2 is 1.85 bits per heavy atom. The van der Waals surface area contributed by atoms with Crippen molar-refractivity contribution in [2.45, 2.75) is 25.7 Å². The van der Waals surface area contributed by atoms with Gasteiger partial charge in [-0.25, -0.2) is 19.0 Å². The van der Waals surface area contributed by atoms with Gasteiger partial charge < -0.3 is 4.90 Å². The van der Waals surface area contributed by atoms with Crippen LogP contribution in [0, 0.1) is 12.7 Å². The number of carbonyl (C=O) groups is 1. The summed E-state index contributed by atoms with van der Waals surface area (Å²) < 4.78 is 15.2. The van der Waals surface area contributed by atoms with E-state index in [1.54, 1.807) is 35.4 Å². The minimum atomic E-state index is -0.279. The third kappa shape index (κ3) is 4.39. The molecule has 166 valence electrons. The molecule has 6 nitrogen and oxygen atoms in total. The molecule has 1 atom stereocenters. The van der Waals surface area contributed by atoms with Crippen LogP contribution < -0.4 is 0 Å². The maximum Gasteiger partial charge on any atom is 0.257 e. The van der Waals surface area contributed by atoms with E-state index >= 15 is 0 Å². The molecule has 3 heterocycles. The van der Waals surface area contributed by atoms with Crippen molar-refractivity contribution in [3.63, 3.8) is 0 Å². The van der Waals surface area contributed by atoms with Gasteiger partial charge in [0.2, 0.25) is 0 Å². The number of nitrogens with zero attached hydrogens (tertiary/aromatic N) is 5. The highest BCUT2D eigenvalue weighted by Crippen LogP contribution is 2.33. The maximum absolute atomic E-state index is 13.5. The number of aromatic nitrogens is 4. The van der Waals surface area contributed by atoms with Crippen molar-refractivity contribution in [1.29, 1.82) is 0 Å². The van der Waals surface area contributed by atoms with E-state index in [0.29, 0.717) is 24.5 Å². The molecule has 0 radical (unpaired) electrons. The second-order valence-corrected chi connectivity index (χ2v) is 8.32. The summed E-state index contributed by atoms with van der Waals surface area (Å²) in [7, 11) is 0. The van der Waals surface area contributed by atoms with Gasteiger partial charge in [0.15, 0.2) is 0 Å². The molecule has 4 aromatic rings. The van der Waals surface area contributed by atoms with Gasteiger partial charge >= 0.3 is 0 Å². The zero-order valence-electron chi connectivity index (χ0n) is 18.4. The van der Waals surface area contributed by atoms with Crippen LogP contribution >= 0.6 is 0 Å². The fourth-order valence-electron chi connectivity index (χ4n) is 4.37. The molecule has 0 bridgehead atoms. The summed E-state index contributed by atoms with van der Waals surface area (Å²) in [5.41, 5.74) is 4.15. The Morgan fingerprint density at radius 1 is 1.06 bits per heavy atom. The average Bonchev–Trinajstić information content (AvgIpc) is 3.35. The molecule has 1 amide bonds. The number of aryl methyl sites for hydroxylation is 1. The Bertz CT molecular complexity index is 1270. The quantitative estimate of drug-likeness (QED) is 0.457. The van der Waals surface area contributed by atoms with Gasteiger partial charge in [0.1, 0.15) is 11.6 Å². The number of piperidine rings is 1. The summed E-state index contributed by atoms with van der Waals surface area (Å²) in [6, 6.07) is 16.1. The second kappa shape index (κ2) is 8.94. The van der Waals surface area contributed by atoms with Crippen LogP contribution in [0.4, 0.5) is 4.39 Å². The summed E-state index contributed by atoms with van der Waals surface area (Å²) >= 11 is 0. The lowest BCUT2D eigenvalue weighted by Gasteiger charge is -2.33. The van der Waals surface area contributed by atoms with Crippen LogP contribution in [0.5, 0.6) is 0 Å². The number of carbonyl (C=O) groups excluding carboxylic acids is 1. The first-order valence-electron chi connectivity index (χ1n) is 11.1. The van der Waals surface area contributed by atoms with Gasteiger partial charge in [-0.2, -0.15) is 5.10 Å². The van der Waals surface area contributed by atoms with Crippen molar-refractivity contribution in [3.05, 3.63) is 96.1 Å². The van der Waals surface area contributed by atoms with Gasteiger partial charge in [-0.3, -0.25) is 4.79 Å². The molecule has 1 saturated heterocycles. The molecule has 0 aliphatic carbocycles. The smallest absolute Gasteiger partial charge is 0.257 e. The summed E-state index contributed by atoms with van der Waals surface area (Å²) in [6.45, 7) is 3.13. The summed E-state index contributed by atoms with van der Waals surface area (Å²) in [5.74, 6) is 0.451. The van der Waals surface area contributed by atoms with Crippen LogP contribution in [0.15, 0.2) is 73.2 Å². The van der Waals surface area contributed by atoms with Crippen LogP contribution in [0.3, 0.4) is 0 Å². The molecular formula is C26H24FN5O. The standard InChI is InChI=1S/C26H24FN5O/c1-18-28-15-24(19-9-11-22(27)12-10-19)25(30-18)20-6-5-13-31(16-20)26(33)21-14-29-32(17-21)23-7-3-2-4-8-23/h2-4,7-12,14-15,17,20H,5-6,13,16H2,1H3/t20-/m0/s1. The summed E-state index contributed by atoms with van der Waals surface area (Å²) in [6.07, 6.45) is 7.01. The Kier molecular flexibility index (Phi) is 5.69. The van der Waals surface area contributed by atoms with Crippen molar-refractivity contribution >= 4 is 5.91 Å². The van der Waals surface area contributed by atoms with Crippen LogP contribution in [0.25, 0.3) is 16.8 Å². The zero-order chi connectivity index (χ0) is 22.8.